The van der Waals surface area contributed by atoms with Crippen molar-refractivity contribution in [2.75, 3.05) is 5.73 Å². The fraction of sp³-hybridized carbons (Fsp3) is 0. The van der Waals surface area contributed by atoms with Crippen molar-refractivity contribution in [3.63, 3.8) is 0 Å². The molecule has 0 aliphatic carbocycles. The molecular formula is C12H8N6O3. The van der Waals surface area contributed by atoms with Gasteiger partial charge in [0.25, 0.3) is 5.69 Å². The highest BCUT2D eigenvalue weighted by Crippen LogP contribution is 2.30. The van der Waals surface area contributed by atoms with Gasteiger partial charge in [0.2, 0.25) is 0 Å². The van der Waals surface area contributed by atoms with Crippen LogP contribution in [0.2, 0.25) is 0 Å². The molecule has 2 aromatic carbocycles. The molecule has 1 heterocycles. The first-order valence-corrected chi connectivity index (χ1v) is 5.82. The van der Waals surface area contributed by atoms with Gasteiger partial charge < -0.3 is 5.73 Å². The maximum absolute atomic E-state index is 10.7. The second-order valence-corrected chi connectivity index (χ2v) is 4.11. The summed E-state index contributed by atoms with van der Waals surface area (Å²) in [4.78, 5) is 10.2. The van der Waals surface area contributed by atoms with E-state index in [0.717, 1.165) is 0 Å². The summed E-state index contributed by atoms with van der Waals surface area (Å²) in [5, 5.41) is 25.9. The number of nitrogen functional groups attached to an aromatic ring is 1. The molecule has 0 saturated carbocycles. The van der Waals surface area contributed by atoms with Crippen molar-refractivity contribution in [1.82, 2.24) is 10.3 Å². The molecule has 0 unspecified atom stereocenters. The average molecular weight is 284 g/mol. The van der Waals surface area contributed by atoms with Gasteiger partial charge in [-0.3, -0.25) is 10.1 Å². The monoisotopic (exact) mass is 284 g/mol. The van der Waals surface area contributed by atoms with Gasteiger partial charge in [0.15, 0.2) is 5.52 Å². The first-order chi connectivity index (χ1) is 10.1. The Morgan fingerprint density at radius 3 is 2.86 bits per heavy atom. The molecule has 2 N–H and O–H groups in total. The number of azo groups is 1. The third kappa shape index (κ3) is 2.39. The number of rotatable bonds is 3. The maximum atomic E-state index is 10.7. The topological polar surface area (TPSA) is 133 Å². The van der Waals surface area contributed by atoms with E-state index in [2.05, 4.69) is 25.2 Å². The van der Waals surface area contributed by atoms with Crippen molar-refractivity contribution in [1.29, 1.82) is 0 Å². The lowest BCUT2D eigenvalue weighted by atomic mass is 10.2. The van der Waals surface area contributed by atoms with Gasteiger partial charge in [0, 0.05) is 12.1 Å². The molecule has 3 aromatic rings. The van der Waals surface area contributed by atoms with E-state index in [9.17, 15) is 10.1 Å². The van der Waals surface area contributed by atoms with E-state index in [1.165, 1.54) is 18.2 Å². The molecule has 104 valence electrons. The molecule has 1 aromatic heterocycles. The lowest BCUT2D eigenvalue weighted by molar-refractivity contribution is -0.384. The van der Waals surface area contributed by atoms with E-state index in [0.29, 0.717) is 22.4 Å². The number of nitrogens with two attached hydrogens (primary N) is 1. The van der Waals surface area contributed by atoms with Gasteiger partial charge in [-0.2, -0.15) is 5.11 Å². The molecule has 0 aliphatic rings. The highest BCUT2D eigenvalue weighted by atomic mass is 16.6. The first kappa shape index (κ1) is 12.7. The summed E-state index contributed by atoms with van der Waals surface area (Å²) < 4.78 is 4.58. The van der Waals surface area contributed by atoms with Crippen LogP contribution in [0.3, 0.4) is 0 Å². The largest absolute Gasteiger partial charge is 0.395 e. The van der Waals surface area contributed by atoms with Crippen molar-refractivity contribution >= 4 is 33.8 Å². The quantitative estimate of drug-likeness (QED) is 0.340. The van der Waals surface area contributed by atoms with Gasteiger partial charge in [0.05, 0.1) is 16.3 Å². The Kier molecular flexibility index (Phi) is 2.99. The molecule has 0 aliphatic heterocycles. The van der Waals surface area contributed by atoms with E-state index >= 15 is 0 Å². The van der Waals surface area contributed by atoms with Crippen LogP contribution in [0.5, 0.6) is 0 Å². The number of hydrogen-bond acceptors (Lipinski definition) is 8. The number of anilines is 1. The Hall–Kier alpha value is -3.36. The number of benzene rings is 2. The zero-order chi connectivity index (χ0) is 14.8. The van der Waals surface area contributed by atoms with Crippen LogP contribution in [0.1, 0.15) is 0 Å². The third-order valence-electron chi connectivity index (χ3n) is 2.76. The number of nitro groups is 1. The molecule has 0 bridgehead atoms. The molecule has 0 atom stereocenters. The second kappa shape index (κ2) is 4.96. The van der Waals surface area contributed by atoms with Gasteiger partial charge in [-0.05, 0) is 28.5 Å². The summed E-state index contributed by atoms with van der Waals surface area (Å²) in [5.74, 6) is 0. The Labute approximate surface area is 117 Å². The maximum Gasteiger partial charge on any atom is 0.271 e. The second-order valence-electron chi connectivity index (χ2n) is 4.11. The van der Waals surface area contributed by atoms with E-state index in [-0.39, 0.29) is 11.4 Å². The van der Waals surface area contributed by atoms with Gasteiger partial charge in [0.1, 0.15) is 11.2 Å². The minimum absolute atomic E-state index is 0.0597. The van der Waals surface area contributed by atoms with Gasteiger partial charge in [-0.25, -0.2) is 4.63 Å². The normalized spacial score (nSPS) is 11.2. The molecule has 0 radical (unpaired) electrons. The molecule has 3 rings (SSSR count). The predicted molar refractivity (Wildman–Crippen MR) is 73.5 cm³/mol. The Morgan fingerprint density at radius 1 is 1.19 bits per heavy atom. The van der Waals surface area contributed by atoms with Crippen LogP contribution in [-0.2, 0) is 0 Å². The lowest BCUT2D eigenvalue weighted by Crippen LogP contribution is -1.87. The fourth-order valence-electron chi connectivity index (χ4n) is 1.73. The van der Waals surface area contributed by atoms with Crippen LogP contribution in [0.25, 0.3) is 11.0 Å². The number of nitrogens with zero attached hydrogens (tertiary/aromatic N) is 5. The van der Waals surface area contributed by atoms with Crippen molar-refractivity contribution in [2.45, 2.75) is 0 Å². The van der Waals surface area contributed by atoms with Crippen LogP contribution in [0.15, 0.2) is 51.3 Å². The SMILES string of the molecule is Nc1c(N=Nc2cccc([N+](=O)[O-])c2)ccc2nonc12. The number of non-ortho nitro benzene ring substituents is 1. The van der Waals surface area contributed by atoms with Gasteiger partial charge in [-0.1, -0.05) is 6.07 Å². The molecule has 21 heavy (non-hydrogen) atoms. The minimum Gasteiger partial charge on any atom is -0.395 e. The van der Waals surface area contributed by atoms with Gasteiger partial charge in [-0.15, -0.1) is 5.11 Å². The molecule has 9 nitrogen and oxygen atoms in total. The van der Waals surface area contributed by atoms with Crippen molar-refractivity contribution in [3.05, 3.63) is 46.5 Å². The van der Waals surface area contributed by atoms with Crippen LogP contribution < -0.4 is 5.73 Å². The molecule has 0 saturated heterocycles. The lowest BCUT2D eigenvalue weighted by Gasteiger charge is -1.98. The zero-order valence-corrected chi connectivity index (χ0v) is 10.5. The number of fused-ring (bicyclic) bond motifs is 1. The summed E-state index contributed by atoms with van der Waals surface area (Å²) in [5.41, 5.74) is 7.74. The molecule has 9 heteroatoms. The molecule has 0 amide bonds. The molecule has 0 spiro atoms. The van der Waals surface area contributed by atoms with Crippen molar-refractivity contribution < 1.29 is 9.55 Å². The highest BCUT2D eigenvalue weighted by molar-refractivity contribution is 5.92. The zero-order valence-electron chi connectivity index (χ0n) is 10.5. The van der Waals surface area contributed by atoms with E-state index in [1.54, 1.807) is 18.2 Å². The highest BCUT2D eigenvalue weighted by Gasteiger charge is 2.09. The summed E-state index contributed by atoms with van der Waals surface area (Å²) in [6.07, 6.45) is 0. The molecule has 0 fully saturated rings. The Morgan fingerprint density at radius 2 is 2.05 bits per heavy atom. The van der Waals surface area contributed by atoms with Crippen LogP contribution in [0, 0.1) is 10.1 Å². The predicted octanol–water partition coefficient (Wildman–Crippen LogP) is 3.13. The van der Waals surface area contributed by atoms with Crippen molar-refractivity contribution in [3.8, 4) is 0 Å². The fourth-order valence-corrected chi connectivity index (χ4v) is 1.73. The van der Waals surface area contributed by atoms with Crippen molar-refractivity contribution in [2.24, 2.45) is 10.2 Å². The van der Waals surface area contributed by atoms with Crippen LogP contribution in [0.4, 0.5) is 22.7 Å². The third-order valence-corrected chi connectivity index (χ3v) is 2.76. The van der Waals surface area contributed by atoms with E-state index in [1.807, 2.05) is 0 Å². The number of hydrogen-bond donors (Lipinski definition) is 1. The Bertz CT molecular complexity index is 857. The van der Waals surface area contributed by atoms with E-state index < -0.39 is 4.92 Å². The van der Waals surface area contributed by atoms with E-state index in [4.69, 9.17) is 5.73 Å². The summed E-state index contributed by atoms with van der Waals surface area (Å²) in [6.45, 7) is 0. The number of aromatic nitrogens is 2. The smallest absolute Gasteiger partial charge is 0.271 e. The summed E-state index contributed by atoms with van der Waals surface area (Å²) in [7, 11) is 0. The van der Waals surface area contributed by atoms with Gasteiger partial charge >= 0.3 is 0 Å². The summed E-state index contributed by atoms with van der Waals surface area (Å²) >= 11 is 0. The van der Waals surface area contributed by atoms with Crippen LogP contribution in [-0.4, -0.2) is 15.2 Å². The number of nitro benzene ring substituents is 1. The Balaban J connectivity index is 1.96. The minimum atomic E-state index is -0.500. The van der Waals surface area contributed by atoms with Crippen LogP contribution >= 0.6 is 0 Å². The standard InChI is InChI=1S/C12H8N6O3/c13-11-9(4-5-10-12(11)17-21-16-10)15-14-7-2-1-3-8(6-7)18(19)20/h1-6H,13H2. The molecular weight excluding hydrogens is 276 g/mol. The average Bonchev–Trinajstić information content (AvgIpc) is 2.96. The first-order valence-electron chi connectivity index (χ1n) is 5.82. The summed E-state index contributed by atoms with van der Waals surface area (Å²) in [6, 6.07) is 9.08.